The van der Waals surface area contributed by atoms with Crippen LogP contribution in [-0.4, -0.2) is 60.5 Å². The van der Waals surface area contributed by atoms with E-state index < -0.39 is 45.1 Å². The number of unbranched alkanes of at least 4 members (excludes halogenated alkanes) is 17. The second-order valence-corrected chi connectivity index (χ2v) is 13.1. The summed E-state index contributed by atoms with van der Waals surface area (Å²) >= 11 is 0. The Morgan fingerprint density at radius 3 is 1.75 bits per heavy atom. The van der Waals surface area contributed by atoms with Crippen molar-refractivity contribution in [3.05, 3.63) is 12.2 Å². The highest BCUT2D eigenvalue weighted by Crippen LogP contribution is 2.43. The van der Waals surface area contributed by atoms with Crippen molar-refractivity contribution in [3.63, 3.8) is 0 Å². The summed E-state index contributed by atoms with van der Waals surface area (Å²) in [5.41, 5.74) is 5.32. The van der Waals surface area contributed by atoms with Crippen molar-refractivity contribution in [2.75, 3.05) is 26.4 Å². The fourth-order valence-corrected chi connectivity index (χ4v) is 5.32. The quantitative estimate of drug-likeness (QED) is 0.0274. The highest BCUT2D eigenvalue weighted by molar-refractivity contribution is 7.47. The van der Waals surface area contributed by atoms with Crippen LogP contribution in [0.5, 0.6) is 0 Å². The van der Waals surface area contributed by atoms with Crippen molar-refractivity contribution in [3.8, 4) is 0 Å². The molecule has 0 aromatic heterocycles. The Hall–Kier alpha value is -1.29. The minimum Gasteiger partial charge on any atom is -0.480 e. The number of rotatable bonds is 33. The Morgan fingerprint density at radius 1 is 0.705 bits per heavy atom. The number of carboxylic acids is 1. The molecule has 10 nitrogen and oxygen atoms in total. The van der Waals surface area contributed by atoms with E-state index in [4.69, 9.17) is 24.8 Å². The molecule has 44 heavy (non-hydrogen) atoms. The normalized spacial score (nSPS) is 14.5. The van der Waals surface area contributed by atoms with E-state index in [-0.39, 0.29) is 13.0 Å². The zero-order chi connectivity index (χ0) is 32.7. The average molecular weight is 650 g/mol. The summed E-state index contributed by atoms with van der Waals surface area (Å²) in [6, 6.07) is -1.47. The topological polar surface area (TPSA) is 155 Å². The van der Waals surface area contributed by atoms with Crippen LogP contribution in [-0.2, 0) is 32.7 Å². The molecule has 0 saturated carbocycles. The third-order valence-corrected chi connectivity index (χ3v) is 8.25. The number of carboxylic acid groups (broad SMARTS) is 1. The molecule has 4 N–H and O–H groups in total. The van der Waals surface area contributed by atoms with E-state index in [0.717, 1.165) is 51.4 Å². The summed E-state index contributed by atoms with van der Waals surface area (Å²) in [6.45, 7) is 3.82. The van der Waals surface area contributed by atoms with E-state index in [0.29, 0.717) is 13.0 Å². The lowest BCUT2D eigenvalue weighted by atomic mass is 10.1. The summed E-state index contributed by atoms with van der Waals surface area (Å²) < 4.78 is 33.0. The molecule has 0 aromatic rings. The Balaban J connectivity index is 4.35. The summed E-state index contributed by atoms with van der Waals surface area (Å²) in [7, 11) is -4.60. The third-order valence-electron chi connectivity index (χ3n) is 7.29. The average Bonchev–Trinajstić information content (AvgIpc) is 2.99. The smallest absolute Gasteiger partial charge is 0.472 e. The summed E-state index contributed by atoms with van der Waals surface area (Å²) in [5.74, 6) is -1.79. The van der Waals surface area contributed by atoms with E-state index >= 15 is 0 Å². The zero-order valence-corrected chi connectivity index (χ0v) is 28.7. The van der Waals surface area contributed by atoms with E-state index in [1.54, 1.807) is 0 Å². The van der Waals surface area contributed by atoms with Crippen LogP contribution >= 0.6 is 7.82 Å². The van der Waals surface area contributed by atoms with Crippen molar-refractivity contribution in [2.24, 2.45) is 5.73 Å². The molecular formula is C33H64NO9P. The van der Waals surface area contributed by atoms with Crippen molar-refractivity contribution in [2.45, 2.75) is 161 Å². The fourth-order valence-electron chi connectivity index (χ4n) is 4.54. The molecule has 0 aliphatic carbocycles. The minimum atomic E-state index is -4.60. The van der Waals surface area contributed by atoms with Crippen molar-refractivity contribution >= 4 is 19.8 Å². The van der Waals surface area contributed by atoms with Crippen LogP contribution in [0.4, 0.5) is 0 Å². The van der Waals surface area contributed by atoms with Crippen LogP contribution in [0.3, 0.4) is 0 Å². The number of esters is 1. The number of hydrogen-bond acceptors (Lipinski definition) is 8. The highest BCUT2D eigenvalue weighted by atomic mass is 31.2. The Kier molecular flexibility index (Phi) is 29.5. The molecule has 0 aliphatic heterocycles. The van der Waals surface area contributed by atoms with Gasteiger partial charge in [0.15, 0.2) is 0 Å². The number of hydrogen-bond donors (Lipinski definition) is 3. The number of ether oxygens (including phenoxy) is 2. The minimum absolute atomic E-state index is 0.0174. The number of phosphoric ester groups is 1. The van der Waals surface area contributed by atoms with Gasteiger partial charge in [-0.3, -0.25) is 18.6 Å². The number of carbonyl (C=O) groups excluding carboxylic acids is 1. The number of carbonyl (C=O) groups is 2. The fraction of sp³-hybridized carbons (Fsp3) is 0.879. The molecule has 3 atom stereocenters. The predicted octanol–water partition coefficient (Wildman–Crippen LogP) is 8.25. The highest BCUT2D eigenvalue weighted by Gasteiger charge is 2.27. The first kappa shape index (κ1) is 42.7. The number of phosphoric acid groups is 1. The van der Waals surface area contributed by atoms with Gasteiger partial charge in [0.1, 0.15) is 12.1 Å². The maximum atomic E-state index is 12.5. The molecule has 11 heteroatoms. The SMILES string of the molecule is CCCCCC/C=C\CCCCCCCC(=O)OC(COCCCCCCCCCCC)COP(=O)(O)OCC(N)C(=O)O. The Labute approximate surface area is 267 Å². The molecule has 0 aliphatic rings. The summed E-state index contributed by atoms with van der Waals surface area (Å²) in [4.78, 5) is 33.2. The maximum Gasteiger partial charge on any atom is 0.472 e. The van der Waals surface area contributed by atoms with Gasteiger partial charge < -0.3 is 25.2 Å². The number of allylic oxidation sites excluding steroid dienone is 2. The molecule has 0 heterocycles. The van der Waals surface area contributed by atoms with Gasteiger partial charge in [0.05, 0.1) is 19.8 Å². The van der Waals surface area contributed by atoms with E-state index in [2.05, 4.69) is 30.5 Å². The van der Waals surface area contributed by atoms with Crippen molar-refractivity contribution < 1.29 is 42.7 Å². The van der Waals surface area contributed by atoms with Crippen molar-refractivity contribution in [1.29, 1.82) is 0 Å². The lowest BCUT2D eigenvalue weighted by Crippen LogP contribution is -2.34. The third kappa shape index (κ3) is 29.4. The first-order valence-electron chi connectivity index (χ1n) is 17.2. The Bertz CT molecular complexity index is 766. The zero-order valence-electron chi connectivity index (χ0n) is 27.8. The van der Waals surface area contributed by atoms with Gasteiger partial charge in [0.2, 0.25) is 0 Å². The maximum absolute atomic E-state index is 12.5. The van der Waals surface area contributed by atoms with Gasteiger partial charge in [-0.15, -0.1) is 0 Å². The number of nitrogens with two attached hydrogens (primary N) is 1. The van der Waals surface area contributed by atoms with Gasteiger partial charge in [0, 0.05) is 13.0 Å². The standard InChI is InChI=1S/C33H64NO9P/c1-3-5-7-9-11-13-14-15-16-17-19-21-23-25-32(35)43-30(28-41-44(38,39)42-29-31(34)33(36)37)27-40-26-24-22-20-18-12-10-8-6-4-2/h13-14,30-31H,3-12,15-29,34H2,1-2H3,(H,36,37)(H,38,39)/b14-13-. The molecule has 0 radical (unpaired) electrons. The molecule has 0 saturated heterocycles. The van der Waals surface area contributed by atoms with Gasteiger partial charge in [-0.25, -0.2) is 4.57 Å². The van der Waals surface area contributed by atoms with Crippen molar-refractivity contribution in [1.82, 2.24) is 0 Å². The van der Waals surface area contributed by atoms with E-state index in [9.17, 15) is 19.0 Å². The second-order valence-electron chi connectivity index (χ2n) is 11.6. The molecule has 3 unspecified atom stereocenters. The van der Waals surface area contributed by atoms with Gasteiger partial charge >= 0.3 is 19.8 Å². The lowest BCUT2D eigenvalue weighted by molar-refractivity contribution is -0.154. The predicted molar refractivity (Wildman–Crippen MR) is 175 cm³/mol. The van der Waals surface area contributed by atoms with Gasteiger partial charge in [-0.1, -0.05) is 116 Å². The van der Waals surface area contributed by atoms with Crippen LogP contribution in [0.2, 0.25) is 0 Å². The van der Waals surface area contributed by atoms with Crippen LogP contribution in [0.15, 0.2) is 12.2 Å². The lowest BCUT2D eigenvalue weighted by Gasteiger charge is -2.20. The van der Waals surface area contributed by atoms with Crippen LogP contribution < -0.4 is 5.73 Å². The largest absolute Gasteiger partial charge is 0.480 e. The Morgan fingerprint density at radius 2 is 1.18 bits per heavy atom. The molecule has 0 aromatic carbocycles. The van der Waals surface area contributed by atoms with Gasteiger partial charge in [0.25, 0.3) is 0 Å². The second kappa shape index (κ2) is 30.4. The summed E-state index contributed by atoms with van der Waals surface area (Å²) in [6.07, 6.45) is 27.0. The van der Waals surface area contributed by atoms with E-state index in [1.165, 1.54) is 70.6 Å². The molecule has 0 fully saturated rings. The molecule has 0 amide bonds. The van der Waals surface area contributed by atoms with Crippen LogP contribution in [0.25, 0.3) is 0 Å². The first-order chi connectivity index (χ1) is 21.2. The molecule has 0 bridgehead atoms. The molecule has 260 valence electrons. The van der Waals surface area contributed by atoms with Crippen LogP contribution in [0, 0.1) is 0 Å². The molecule has 0 rings (SSSR count). The first-order valence-corrected chi connectivity index (χ1v) is 18.7. The number of aliphatic carboxylic acids is 1. The molecular weight excluding hydrogens is 585 g/mol. The molecule has 0 spiro atoms. The monoisotopic (exact) mass is 649 g/mol. The summed E-state index contributed by atoms with van der Waals surface area (Å²) in [5, 5.41) is 8.83. The van der Waals surface area contributed by atoms with Gasteiger partial charge in [-0.2, -0.15) is 0 Å². The van der Waals surface area contributed by atoms with E-state index in [1.807, 2.05) is 0 Å². The van der Waals surface area contributed by atoms with Gasteiger partial charge in [-0.05, 0) is 38.5 Å². The van der Waals surface area contributed by atoms with Crippen LogP contribution in [0.1, 0.15) is 149 Å².